The van der Waals surface area contributed by atoms with Gasteiger partial charge < -0.3 is 19.6 Å². The lowest BCUT2D eigenvalue weighted by atomic mass is 9.98. The average Bonchev–Trinajstić information content (AvgIpc) is 3.48. The number of halogens is 2. The number of aromatic amines is 1. The van der Waals surface area contributed by atoms with E-state index < -0.39 is 23.8 Å². The summed E-state index contributed by atoms with van der Waals surface area (Å²) in [6.45, 7) is 2.58. The molecule has 1 atom stereocenters. The molecule has 12 heteroatoms. The number of hydrogen-bond acceptors (Lipinski definition) is 6. The molecule has 188 valence electrons. The first kappa shape index (κ1) is 23.9. The third kappa shape index (κ3) is 4.01. The van der Waals surface area contributed by atoms with Crippen molar-refractivity contribution in [3.05, 3.63) is 57.3 Å². The van der Waals surface area contributed by atoms with Crippen molar-refractivity contribution in [3.63, 3.8) is 0 Å². The minimum atomic E-state index is -1.04. The van der Waals surface area contributed by atoms with Crippen LogP contribution in [-0.4, -0.2) is 57.7 Å². The molecule has 4 aromatic rings. The Morgan fingerprint density at radius 2 is 2.06 bits per heavy atom. The molecule has 0 radical (unpaired) electrons. The van der Waals surface area contributed by atoms with Crippen LogP contribution >= 0.6 is 11.3 Å². The van der Waals surface area contributed by atoms with E-state index >= 15 is 4.39 Å². The van der Waals surface area contributed by atoms with Gasteiger partial charge >= 0.3 is 6.09 Å². The van der Waals surface area contributed by atoms with Gasteiger partial charge in [0.05, 0.1) is 46.2 Å². The van der Waals surface area contributed by atoms with Crippen LogP contribution in [0, 0.1) is 11.6 Å². The lowest BCUT2D eigenvalue weighted by Crippen LogP contribution is -2.40. The predicted octanol–water partition coefficient (Wildman–Crippen LogP) is 4.48. The van der Waals surface area contributed by atoms with Crippen molar-refractivity contribution in [2.24, 2.45) is 0 Å². The van der Waals surface area contributed by atoms with E-state index in [1.54, 1.807) is 29.1 Å². The van der Waals surface area contributed by atoms with Crippen LogP contribution in [0.15, 0.2) is 34.4 Å². The van der Waals surface area contributed by atoms with Gasteiger partial charge in [0.25, 0.3) is 5.56 Å². The lowest BCUT2D eigenvalue weighted by Gasteiger charge is -2.31. The fraction of sp³-hybridized carbons (Fsp3) is 0.292. The third-order valence-electron chi connectivity index (χ3n) is 6.20. The number of rotatable bonds is 6. The highest BCUT2D eigenvalue weighted by Gasteiger charge is 2.31. The number of fused-ring (bicyclic) bond motifs is 2. The molecule has 2 N–H and O–H groups in total. The summed E-state index contributed by atoms with van der Waals surface area (Å²) in [5.74, 6) is -1.71. The summed E-state index contributed by atoms with van der Waals surface area (Å²) < 4.78 is 42.5. The van der Waals surface area contributed by atoms with Gasteiger partial charge in [-0.1, -0.05) is 0 Å². The number of aromatic nitrogens is 3. The topological polar surface area (TPSA) is 110 Å². The van der Waals surface area contributed by atoms with Gasteiger partial charge in [-0.3, -0.25) is 14.4 Å². The van der Waals surface area contributed by atoms with Gasteiger partial charge in [0.1, 0.15) is 29.7 Å². The number of nitrogens with zero attached hydrogens (tertiary/aromatic N) is 3. The van der Waals surface area contributed by atoms with Gasteiger partial charge in [-0.25, -0.2) is 13.6 Å². The fourth-order valence-electron chi connectivity index (χ4n) is 4.50. The van der Waals surface area contributed by atoms with E-state index in [4.69, 9.17) is 9.47 Å². The Morgan fingerprint density at radius 3 is 2.81 bits per heavy atom. The normalized spacial score (nSPS) is 15.3. The molecule has 1 amide bonds. The average molecular weight is 517 g/mol. The number of methoxy groups -OCH3 is 1. The Bertz CT molecular complexity index is 1530. The summed E-state index contributed by atoms with van der Waals surface area (Å²) in [4.78, 5) is 28.7. The van der Waals surface area contributed by atoms with Crippen LogP contribution in [0.25, 0.3) is 32.6 Å². The summed E-state index contributed by atoms with van der Waals surface area (Å²) in [6.07, 6.45) is -1.04. The first-order valence-corrected chi connectivity index (χ1v) is 12.0. The van der Waals surface area contributed by atoms with E-state index in [0.717, 1.165) is 12.1 Å². The summed E-state index contributed by atoms with van der Waals surface area (Å²) in [5.41, 5.74) is 1.10. The summed E-state index contributed by atoms with van der Waals surface area (Å²) >= 11 is 1.24. The van der Waals surface area contributed by atoms with Gasteiger partial charge in [0, 0.05) is 31.4 Å². The molecule has 1 aliphatic heterocycles. The molecule has 1 aliphatic rings. The number of thiophene rings is 1. The molecule has 1 aromatic carbocycles. The molecule has 36 heavy (non-hydrogen) atoms. The predicted molar refractivity (Wildman–Crippen MR) is 130 cm³/mol. The standard InChI is InChI=1S/C24H22F2N4O5S/c1-12-17-11-16(28-30(17)5-4-29(12)24(32)33)21-20(22-14(3-8-36-22)23(31)27-21)19-15(26)9-13(25)10-18(19)35-7-6-34-2/h3,8-12H,4-7H2,1-2H3,(H,27,31)(H,32,33)/t12-/m1/s1. The SMILES string of the molecule is COCCOc1cc(F)cc(F)c1-c1c(-c2cc3n(n2)CCN(C(=O)O)[C@@H]3C)[nH]c(=O)c2ccsc12. The maximum atomic E-state index is 15.4. The molecule has 0 spiro atoms. The molecule has 0 bridgehead atoms. The van der Waals surface area contributed by atoms with E-state index in [1.807, 2.05) is 0 Å². The second-order valence-electron chi connectivity index (χ2n) is 8.30. The number of H-pyrrole nitrogens is 1. The van der Waals surface area contributed by atoms with Crippen molar-refractivity contribution in [3.8, 4) is 28.3 Å². The quantitative estimate of drug-likeness (QED) is 0.366. The maximum Gasteiger partial charge on any atom is 0.407 e. The molecule has 9 nitrogen and oxygen atoms in total. The Balaban J connectivity index is 1.75. The number of amides is 1. The van der Waals surface area contributed by atoms with Gasteiger partial charge in [-0.05, 0) is 24.4 Å². The summed E-state index contributed by atoms with van der Waals surface area (Å²) in [7, 11) is 1.48. The van der Waals surface area contributed by atoms with Gasteiger partial charge in [0.2, 0.25) is 0 Å². The largest absolute Gasteiger partial charge is 0.490 e. The molecule has 0 fully saturated rings. The van der Waals surface area contributed by atoms with Crippen LogP contribution in [0.2, 0.25) is 0 Å². The summed E-state index contributed by atoms with van der Waals surface area (Å²) in [6, 6.07) is 4.68. The van der Waals surface area contributed by atoms with E-state index in [2.05, 4.69) is 10.1 Å². The number of hydrogen-bond donors (Lipinski definition) is 2. The van der Waals surface area contributed by atoms with Crippen molar-refractivity contribution in [2.75, 3.05) is 26.9 Å². The van der Waals surface area contributed by atoms with Crippen molar-refractivity contribution in [2.45, 2.75) is 19.5 Å². The molecule has 0 saturated carbocycles. The number of pyridine rings is 1. The minimum Gasteiger partial charge on any atom is -0.490 e. The van der Waals surface area contributed by atoms with Crippen molar-refractivity contribution >= 4 is 27.5 Å². The number of benzene rings is 1. The smallest absolute Gasteiger partial charge is 0.407 e. The Kier molecular flexibility index (Phi) is 6.22. The molecular weight excluding hydrogens is 494 g/mol. The zero-order valence-corrected chi connectivity index (χ0v) is 20.2. The monoisotopic (exact) mass is 516 g/mol. The highest BCUT2D eigenvalue weighted by molar-refractivity contribution is 7.17. The third-order valence-corrected chi connectivity index (χ3v) is 7.13. The molecule has 0 saturated heterocycles. The van der Waals surface area contributed by atoms with Gasteiger partial charge in [-0.2, -0.15) is 5.10 Å². The van der Waals surface area contributed by atoms with Crippen molar-refractivity contribution < 1.29 is 28.2 Å². The molecule has 0 aliphatic carbocycles. The number of nitrogens with one attached hydrogen (secondary N) is 1. The van der Waals surface area contributed by atoms with E-state index in [0.29, 0.717) is 33.6 Å². The molecule has 0 unspecified atom stereocenters. The molecule has 4 heterocycles. The molecule has 5 rings (SSSR count). The van der Waals surface area contributed by atoms with Crippen LogP contribution in [0.4, 0.5) is 13.6 Å². The van der Waals surface area contributed by atoms with Crippen molar-refractivity contribution in [1.82, 2.24) is 19.7 Å². The highest BCUT2D eigenvalue weighted by Crippen LogP contribution is 2.44. The summed E-state index contributed by atoms with van der Waals surface area (Å²) in [5, 5.41) is 16.2. The second kappa shape index (κ2) is 9.36. The fourth-order valence-corrected chi connectivity index (χ4v) is 5.45. The minimum absolute atomic E-state index is 0.0163. The molecular formula is C24H22F2N4O5S. The molecule has 3 aromatic heterocycles. The van der Waals surface area contributed by atoms with Gasteiger partial charge in [-0.15, -0.1) is 11.3 Å². The first-order chi connectivity index (χ1) is 17.3. The maximum absolute atomic E-state index is 15.4. The van der Waals surface area contributed by atoms with Crippen LogP contribution < -0.4 is 10.3 Å². The van der Waals surface area contributed by atoms with E-state index in [1.165, 1.54) is 23.3 Å². The Morgan fingerprint density at radius 1 is 1.25 bits per heavy atom. The number of carboxylic acid groups (broad SMARTS) is 1. The van der Waals surface area contributed by atoms with Crippen LogP contribution in [0.1, 0.15) is 18.7 Å². The Hall–Kier alpha value is -3.77. The van der Waals surface area contributed by atoms with Gasteiger partial charge in [0.15, 0.2) is 0 Å². The number of ether oxygens (including phenoxy) is 2. The van der Waals surface area contributed by atoms with Crippen LogP contribution in [0.5, 0.6) is 5.75 Å². The van der Waals surface area contributed by atoms with E-state index in [-0.39, 0.29) is 42.3 Å². The Labute approximate surface area is 207 Å². The zero-order valence-electron chi connectivity index (χ0n) is 19.4. The van der Waals surface area contributed by atoms with Crippen molar-refractivity contribution in [1.29, 1.82) is 0 Å². The zero-order chi connectivity index (χ0) is 25.6. The highest BCUT2D eigenvalue weighted by atomic mass is 32.1. The second-order valence-corrected chi connectivity index (χ2v) is 9.22. The van der Waals surface area contributed by atoms with Crippen LogP contribution in [-0.2, 0) is 11.3 Å². The number of carbonyl (C=O) groups is 1. The van der Waals surface area contributed by atoms with Crippen LogP contribution in [0.3, 0.4) is 0 Å². The lowest BCUT2D eigenvalue weighted by molar-refractivity contribution is 0.113. The first-order valence-electron chi connectivity index (χ1n) is 11.1. The van der Waals surface area contributed by atoms with E-state index in [9.17, 15) is 19.1 Å².